The largest absolute Gasteiger partial charge is 0.327 e. The Kier molecular flexibility index (Phi) is 3.89. The topological polar surface area (TPSA) is 38.9 Å². The maximum atomic E-state index is 6.16. The van der Waals surface area contributed by atoms with E-state index in [9.17, 15) is 0 Å². The van der Waals surface area contributed by atoms with Gasteiger partial charge in [0.25, 0.3) is 0 Å². The van der Waals surface area contributed by atoms with E-state index in [1.54, 1.807) is 0 Å². The van der Waals surface area contributed by atoms with Gasteiger partial charge in [-0.15, -0.1) is 0 Å². The molecule has 1 unspecified atom stereocenters. The Morgan fingerprint density at radius 1 is 0.941 bits per heavy atom. The minimum Gasteiger partial charge on any atom is -0.327 e. The van der Waals surface area contributed by atoms with E-state index in [1.807, 2.05) is 24.5 Å². The molecule has 0 saturated carbocycles. The molecular weight excluding hydrogens is 208 g/mol. The highest BCUT2D eigenvalue weighted by molar-refractivity contribution is 5.22. The van der Waals surface area contributed by atoms with E-state index in [0.717, 1.165) is 12.8 Å². The molecule has 2 rings (SSSR count). The minimum absolute atomic E-state index is 0.167. The molecule has 0 bridgehead atoms. The summed E-state index contributed by atoms with van der Waals surface area (Å²) in [7, 11) is 0. The van der Waals surface area contributed by atoms with Crippen molar-refractivity contribution in [2.24, 2.45) is 5.73 Å². The van der Waals surface area contributed by atoms with Crippen LogP contribution in [0.4, 0.5) is 0 Å². The Balaban J connectivity index is 1.93. The summed E-state index contributed by atoms with van der Waals surface area (Å²) in [6.45, 7) is 2.10. The SMILES string of the molecule is Cc1ccc(CC(N)Cc2ccncc2)cc1. The van der Waals surface area contributed by atoms with Crippen molar-refractivity contribution in [3.63, 3.8) is 0 Å². The Labute approximate surface area is 103 Å². The van der Waals surface area contributed by atoms with Gasteiger partial charge in [0.2, 0.25) is 0 Å². The van der Waals surface area contributed by atoms with Crippen molar-refractivity contribution in [2.45, 2.75) is 25.8 Å². The predicted octanol–water partition coefficient (Wildman–Crippen LogP) is 2.50. The molecule has 2 nitrogen and oxygen atoms in total. The van der Waals surface area contributed by atoms with Crippen LogP contribution in [-0.4, -0.2) is 11.0 Å². The molecule has 0 saturated heterocycles. The molecule has 0 amide bonds. The zero-order valence-corrected chi connectivity index (χ0v) is 10.1. The lowest BCUT2D eigenvalue weighted by Gasteiger charge is -2.11. The molecule has 0 aliphatic rings. The van der Waals surface area contributed by atoms with Crippen LogP contribution in [0.15, 0.2) is 48.8 Å². The highest BCUT2D eigenvalue weighted by atomic mass is 14.6. The molecule has 0 aliphatic carbocycles. The summed E-state index contributed by atoms with van der Waals surface area (Å²) in [5.74, 6) is 0. The van der Waals surface area contributed by atoms with Crippen LogP contribution in [0.25, 0.3) is 0 Å². The zero-order valence-electron chi connectivity index (χ0n) is 10.1. The lowest BCUT2D eigenvalue weighted by atomic mass is 10.00. The van der Waals surface area contributed by atoms with E-state index in [1.165, 1.54) is 16.7 Å². The van der Waals surface area contributed by atoms with Crippen LogP contribution >= 0.6 is 0 Å². The van der Waals surface area contributed by atoms with Crippen molar-refractivity contribution in [1.82, 2.24) is 4.98 Å². The van der Waals surface area contributed by atoms with Gasteiger partial charge in [0, 0.05) is 18.4 Å². The minimum atomic E-state index is 0.167. The molecule has 2 aromatic rings. The molecule has 2 heteroatoms. The fraction of sp³-hybridized carbons (Fsp3) is 0.267. The first-order valence-electron chi connectivity index (χ1n) is 5.94. The fourth-order valence-corrected chi connectivity index (χ4v) is 1.92. The molecule has 1 heterocycles. The third kappa shape index (κ3) is 3.68. The first-order valence-corrected chi connectivity index (χ1v) is 5.94. The number of aromatic nitrogens is 1. The van der Waals surface area contributed by atoms with Gasteiger partial charge in [-0.05, 0) is 43.0 Å². The predicted molar refractivity (Wildman–Crippen MR) is 70.8 cm³/mol. The summed E-state index contributed by atoms with van der Waals surface area (Å²) in [6, 6.07) is 12.8. The Bertz CT molecular complexity index is 448. The fourth-order valence-electron chi connectivity index (χ4n) is 1.92. The van der Waals surface area contributed by atoms with Gasteiger partial charge in [0.1, 0.15) is 0 Å². The van der Waals surface area contributed by atoms with E-state index < -0.39 is 0 Å². The van der Waals surface area contributed by atoms with Gasteiger partial charge in [-0.1, -0.05) is 29.8 Å². The molecule has 0 aliphatic heterocycles. The smallest absolute Gasteiger partial charge is 0.0270 e. The van der Waals surface area contributed by atoms with Crippen LogP contribution in [0.2, 0.25) is 0 Å². The highest BCUT2D eigenvalue weighted by Crippen LogP contribution is 2.08. The van der Waals surface area contributed by atoms with Crippen LogP contribution in [-0.2, 0) is 12.8 Å². The molecule has 0 fully saturated rings. The molecule has 1 atom stereocenters. The van der Waals surface area contributed by atoms with Crippen LogP contribution in [0, 0.1) is 6.92 Å². The van der Waals surface area contributed by atoms with Gasteiger partial charge in [-0.25, -0.2) is 0 Å². The summed E-state index contributed by atoms with van der Waals surface area (Å²) in [4.78, 5) is 4.01. The highest BCUT2D eigenvalue weighted by Gasteiger charge is 2.05. The van der Waals surface area contributed by atoms with Gasteiger partial charge in [0.15, 0.2) is 0 Å². The number of rotatable bonds is 4. The number of aryl methyl sites for hydroxylation is 1. The number of pyridine rings is 1. The average molecular weight is 226 g/mol. The van der Waals surface area contributed by atoms with Crippen molar-refractivity contribution in [3.8, 4) is 0 Å². The molecule has 2 N–H and O–H groups in total. The number of hydrogen-bond acceptors (Lipinski definition) is 2. The average Bonchev–Trinajstić information content (AvgIpc) is 2.33. The summed E-state index contributed by atoms with van der Waals surface area (Å²) < 4.78 is 0. The zero-order chi connectivity index (χ0) is 12.1. The number of hydrogen-bond donors (Lipinski definition) is 1. The van der Waals surface area contributed by atoms with Crippen molar-refractivity contribution < 1.29 is 0 Å². The molecule has 0 radical (unpaired) electrons. The van der Waals surface area contributed by atoms with Crippen LogP contribution in [0.1, 0.15) is 16.7 Å². The molecule has 0 spiro atoms. The number of benzene rings is 1. The lowest BCUT2D eigenvalue weighted by Crippen LogP contribution is -2.25. The van der Waals surface area contributed by atoms with Crippen molar-refractivity contribution >= 4 is 0 Å². The Hall–Kier alpha value is -1.67. The van der Waals surface area contributed by atoms with Gasteiger partial charge in [-0.2, -0.15) is 0 Å². The normalized spacial score (nSPS) is 12.4. The van der Waals surface area contributed by atoms with E-state index in [-0.39, 0.29) is 6.04 Å². The van der Waals surface area contributed by atoms with E-state index in [0.29, 0.717) is 0 Å². The first kappa shape index (κ1) is 11.8. The molecule has 88 valence electrons. The third-order valence-electron chi connectivity index (χ3n) is 2.87. The maximum Gasteiger partial charge on any atom is 0.0270 e. The molecule has 1 aromatic heterocycles. The third-order valence-corrected chi connectivity index (χ3v) is 2.87. The Morgan fingerprint density at radius 2 is 1.47 bits per heavy atom. The van der Waals surface area contributed by atoms with Crippen LogP contribution in [0.3, 0.4) is 0 Å². The molecular formula is C15H18N2. The number of nitrogens with two attached hydrogens (primary N) is 1. The van der Waals surface area contributed by atoms with E-state index >= 15 is 0 Å². The quantitative estimate of drug-likeness (QED) is 0.870. The van der Waals surface area contributed by atoms with Crippen LogP contribution in [0.5, 0.6) is 0 Å². The van der Waals surface area contributed by atoms with Gasteiger partial charge in [-0.3, -0.25) is 4.98 Å². The van der Waals surface area contributed by atoms with Crippen molar-refractivity contribution in [2.75, 3.05) is 0 Å². The summed E-state index contributed by atoms with van der Waals surface area (Å²) in [6.07, 6.45) is 5.45. The summed E-state index contributed by atoms with van der Waals surface area (Å²) in [5, 5.41) is 0. The lowest BCUT2D eigenvalue weighted by molar-refractivity contribution is 0.664. The van der Waals surface area contributed by atoms with Gasteiger partial charge < -0.3 is 5.73 Å². The monoisotopic (exact) mass is 226 g/mol. The van der Waals surface area contributed by atoms with Crippen molar-refractivity contribution in [1.29, 1.82) is 0 Å². The number of nitrogens with zero attached hydrogens (tertiary/aromatic N) is 1. The first-order chi connectivity index (χ1) is 8.24. The second-order valence-corrected chi connectivity index (χ2v) is 4.51. The summed E-state index contributed by atoms with van der Waals surface area (Å²) >= 11 is 0. The van der Waals surface area contributed by atoms with Gasteiger partial charge in [0.05, 0.1) is 0 Å². The standard InChI is InChI=1S/C15H18N2/c1-12-2-4-13(5-3-12)10-15(16)11-14-6-8-17-9-7-14/h2-9,15H,10-11,16H2,1H3. The molecule has 1 aromatic carbocycles. The summed E-state index contributed by atoms with van der Waals surface area (Å²) in [5.41, 5.74) is 10.00. The van der Waals surface area contributed by atoms with Crippen molar-refractivity contribution in [3.05, 3.63) is 65.5 Å². The Morgan fingerprint density at radius 3 is 2.06 bits per heavy atom. The van der Waals surface area contributed by atoms with Gasteiger partial charge >= 0.3 is 0 Å². The van der Waals surface area contributed by atoms with E-state index in [2.05, 4.69) is 36.2 Å². The van der Waals surface area contributed by atoms with E-state index in [4.69, 9.17) is 5.73 Å². The molecule has 17 heavy (non-hydrogen) atoms. The maximum absolute atomic E-state index is 6.16. The second kappa shape index (κ2) is 5.60. The van der Waals surface area contributed by atoms with Crippen LogP contribution < -0.4 is 5.73 Å². The second-order valence-electron chi connectivity index (χ2n) is 4.51.